The van der Waals surface area contributed by atoms with Crippen molar-refractivity contribution in [3.05, 3.63) is 18.0 Å². The predicted molar refractivity (Wildman–Crippen MR) is 61.9 cm³/mol. The van der Waals surface area contributed by atoms with Crippen molar-refractivity contribution in [2.24, 2.45) is 10.7 Å². The van der Waals surface area contributed by atoms with Gasteiger partial charge in [0.15, 0.2) is 0 Å². The topological polar surface area (TPSA) is 89.5 Å². The van der Waals surface area contributed by atoms with Crippen LogP contribution in [0.2, 0.25) is 0 Å². The van der Waals surface area contributed by atoms with E-state index in [0.717, 1.165) is 11.5 Å². The third-order valence-corrected chi connectivity index (χ3v) is 3.30. The molecular weight excluding hydrogens is 220 g/mol. The fourth-order valence-electron chi connectivity index (χ4n) is 2.45. The number of hydrogen-bond donors (Lipinski definition) is 3. The van der Waals surface area contributed by atoms with Gasteiger partial charge in [-0.25, -0.2) is 9.98 Å². The molecule has 2 unspecified atom stereocenters. The van der Waals surface area contributed by atoms with Crippen molar-refractivity contribution < 1.29 is 4.74 Å². The van der Waals surface area contributed by atoms with E-state index in [0.29, 0.717) is 19.1 Å². The van der Waals surface area contributed by atoms with E-state index in [9.17, 15) is 0 Å². The Morgan fingerprint density at radius 1 is 1.59 bits per heavy atom. The van der Waals surface area contributed by atoms with Crippen LogP contribution in [0.15, 0.2) is 17.3 Å². The van der Waals surface area contributed by atoms with Gasteiger partial charge in [0.1, 0.15) is 24.3 Å². The number of aromatic nitrogens is 2. The molecule has 0 saturated heterocycles. The SMILES string of the molecule is NC1NCc2nc3n(c2N1)C1(C=COC1)C=N3. The molecule has 0 aliphatic carbocycles. The number of nitrogens with two attached hydrogens (primary N) is 1. The minimum atomic E-state index is -0.333. The van der Waals surface area contributed by atoms with Crippen LogP contribution in [-0.2, 0) is 16.8 Å². The minimum absolute atomic E-state index is 0.257. The lowest BCUT2D eigenvalue weighted by Gasteiger charge is -2.27. The average Bonchev–Trinajstić information content (AvgIpc) is 2.97. The number of nitrogens with zero attached hydrogens (tertiary/aromatic N) is 3. The van der Waals surface area contributed by atoms with Crippen LogP contribution in [-0.4, -0.2) is 28.7 Å². The van der Waals surface area contributed by atoms with E-state index >= 15 is 0 Å². The third-order valence-electron chi connectivity index (χ3n) is 3.30. The lowest BCUT2D eigenvalue weighted by atomic mass is 10.0. The molecule has 0 saturated carbocycles. The first-order chi connectivity index (χ1) is 8.28. The number of rotatable bonds is 0. The Hall–Kier alpha value is -1.86. The highest BCUT2D eigenvalue weighted by Crippen LogP contribution is 2.39. The molecule has 1 aromatic rings. The Morgan fingerprint density at radius 2 is 2.53 bits per heavy atom. The summed E-state index contributed by atoms with van der Waals surface area (Å²) in [7, 11) is 0. The standard InChI is InChI=1S/C10H12N6O/c11-8-12-3-6-7(15-8)16-9(14-6)13-4-10(16)1-2-17-5-10/h1-2,4,8,12,15H,3,5,11H2. The summed E-state index contributed by atoms with van der Waals surface area (Å²) in [6.07, 6.45) is 5.31. The molecule has 2 atom stereocenters. The van der Waals surface area contributed by atoms with E-state index in [1.807, 2.05) is 16.9 Å². The van der Waals surface area contributed by atoms with Gasteiger partial charge in [0, 0.05) is 12.8 Å². The molecule has 0 radical (unpaired) electrons. The minimum Gasteiger partial charge on any atom is -0.498 e. The van der Waals surface area contributed by atoms with Gasteiger partial charge in [-0.05, 0) is 6.08 Å². The van der Waals surface area contributed by atoms with Gasteiger partial charge in [0.2, 0.25) is 5.95 Å². The summed E-state index contributed by atoms with van der Waals surface area (Å²) in [6, 6.07) is 0. The van der Waals surface area contributed by atoms with Crippen molar-refractivity contribution >= 4 is 18.0 Å². The van der Waals surface area contributed by atoms with Crippen molar-refractivity contribution in [3.63, 3.8) is 0 Å². The molecule has 0 fully saturated rings. The number of nitrogens with one attached hydrogen (secondary N) is 2. The van der Waals surface area contributed by atoms with E-state index in [1.54, 1.807) is 6.26 Å². The highest BCUT2D eigenvalue weighted by Gasteiger charge is 2.41. The van der Waals surface area contributed by atoms with E-state index in [1.165, 1.54) is 0 Å². The maximum atomic E-state index is 5.84. The second-order valence-electron chi connectivity index (χ2n) is 4.41. The summed E-state index contributed by atoms with van der Waals surface area (Å²) in [5.74, 6) is 1.63. The van der Waals surface area contributed by atoms with Gasteiger partial charge in [-0.2, -0.15) is 0 Å². The van der Waals surface area contributed by atoms with Crippen LogP contribution in [0, 0.1) is 0 Å². The normalized spacial score (nSPS) is 32.4. The quantitative estimate of drug-likeness (QED) is 0.566. The van der Waals surface area contributed by atoms with Gasteiger partial charge in [0.05, 0.1) is 12.0 Å². The maximum Gasteiger partial charge on any atom is 0.232 e. The number of ether oxygens (including phenoxy) is 1. The summed E-state index contributed by atoms with van der Waals surface area (Å²) in [5.41, 5.74) is 6.45. The molecule has 0 bridgehead atoms. The van der Waals surface area contributed by atoms with Crippen LogP contribution in [0.3, 0.4) is 0 Å². The molecule has 0 aromatic carbocycles. The third kappa shape index (κ3) is 1.07. The second-order valence-corrected chi connectivity index (χ2v) is 4.41. The van der Waals surface area contributed by atoms with Crippen LogP contribution in [0.5, 0.6) is 0 Å². The Bertz CT molecular complexity index is 547. The first-order valence-electron chi connectivity index (χ1n) is 5.51. The number of anilines is 1. The lowest BCUT2D eigenvalue weighted by Crippen LogP contribution is -2.48. The van der Waals surface area contributed by atoms with Gasteiger partial charge < -0.3 is 10.1 Å². The predicted octanol–water partition coefficient (Wildman–Crippen LogP) is -0.404. The molecule has 4 heterocycles. The number of imidazole rings is 1. The smallest absolute Gasteiger partial charge is 0.232 e. The number of aliphatic imine (C=N–C) groups is 1. The monoisotopic (exact) mass is 232 g/mol. The largest absolute Gasteiger partial charge is 0.498 e. The molecule has 17 heavy (non-hydrogen) atoms. The zero-order valence-electron chi connectivity index (χ0n) is 9.05. The Morgan fingerprint density at radius 3 is 3.35 bits per heavy atom. The van der Waals surface area contributed by atoms with E-state index in [4.69, 9.17) is 10.5 Å². The number of fused-ring (bicyclic) bond motifs is 4. The van der Waals surface area contributed by atoms with Crippen LogP contribution in [0.4, 0.5) is 11.8 Å². The second kappa shape index (κ2) is 2.88. The van der Waals surface area contributed by atoms with Gasteiger partial charge in [-0.15, -0.1) is 0 Å². The Labute approximate surface area is 97.4 Å². The zero-order chi connectivity index (χ0) is 11.5. The first-order valence-corrected chi connectivity index (χ1v) is 5.51. The lowest BCUT2D eigenvalue weighted by molar-refractivity contribution is 0.232. The Kier molecular flexibility index (Phi) is 1.56. The molecule has 3 aliphatic heterocycles. The molecule has 4 N–H and O–H groups in total. The summed E-state index contributed by atoms with van der Waals surface area (Å²) < 4.78 is 7.38. The summed E-state index contributed by atoms with van der Waals surface area (Å²) in [5, 5.41) is 6.28. The average molecular weight is 232 g/mol. The fraction of sp³-hybridized carbons (Fsp3) is 0.400. The molecule has 7 nitrogen and oxygen atoms in total. The summed E-state index contributed by atoms with van der Waals surface area (Å²) in [4.78, 5) is 8.83. The van der Waals surface area contributed by atoms with Crippen LogP contribution >= 0.6 is 0 Å². The van der Waals surface area contributed by atoms with Gasteiger partial charge in [-0.3, -0.25) is 15.6 Å². The molecule has 88 valence electrons. The number of hydrogen-bond acceptors (Lipinski definition) is 6. The Balaban J connectivity index is 1.90. The van der Waals surface area contributed by atoms with Gasteiger partial charge in [0.25, 0.3) is 0 Å². The molecular formula is C10H12N6O. The zero-order valence-corrected chi connectivity index (χ0v) is 9.05. The van der Waals surface area contributed by atoms with Crippen LogP contribution in [0.1, 0.15) is 5.69 Å². The van der Waals surface area contributed by atoms with Crippen LogP contribution < -0.4 is 16.4 Å². The van der Waals surface area contributed by atoms with E-state index < -0.39 is 0 Å². The summed E-state index contributed by atoms with van der Waals surface area (Å²) >= 11 is 0. The molecule has 4 rings (SSSR count). The van der Waals surface area contributed by atoms with E-state index in [2.05, 4.69) is 20.6 Å². The van der Waals surface area contributed by atoms with E-state index in [-0.39, 0.29) is 11.8 Å². The molecule has 7 heteroatoms. The fourth-order valence-corrected chi connectivity index (χ4v) is 2.45. The van der Waals surface area contributed by atoms with Crippen molar-refractivity contribution in [1.82, 2.24) is 14.9 Å². The highest BCUT2D eigenvalue weighted by atomic mass is 16.5. The maximum absolute atomic E-state index is 5.84. The molecule has 1 aromatic heterocycles. The van der Waals surface area contributed by atoms with Crippen molar-refractivity contribution in [3.8, 4) is 0 Å². The van der Waals surface area contributed by atoms with Crippen molar-refractivity contribution in [2.75, 3.05) is 11.9 Å². The van der Waals surface area contributed by atoms with Crippen molar-refractivity contribution in [2.45, 2.75) is 18.4 Å². The molecule has 3 aliphatic rings. The highest BCUT2D eigenvalue weighted by molar-refractivity contribution is 5.81. The van der Waals surface area contributed by atoms with Crippen LogP contribution in [0.25, 0.3) is 0 Å². The van der Waals surface area contributed by atoms with Gasteiger partial charge >= 0.3 is 0 Å². The van der Waals surface area contributed by atoms with Crippen molar-refractivity contribution in [1.29, 1.82) is 0 Å². The first kappa shape index (κ1) is 9.20. The molecule has 1 spiro atoms. The molecule has 0 amide bonds. The van der Waals surface area contributed by atoms with Gasteiger partial charge in [-0.1, -0.05) is 0 Å². The summed E-state index contributed by atoms with van der Waals surface area (Å²) in [6.45, 7) is 1.20.